The Morgan fingerprint density at radius 1 is 1.19 bits per heavy atom. The number of para-hydroxylation sites is 1. The van der Waals surface area contributed by atoms with E-state index in [0.29, 0.717) is 6.54 Å². The van der Waals surface area contributed by atoms with Crippen LogP contribution in [0.1, 0.15) is 18.4 Å². The van der Waals surface area contributed by atoms with Gasteiger partial charge in [-0.25, -0.2) is 0 Å². The largest absolute Gasteiger partial charge is 0.471 e. The van der Waals surface area contributed by atoms with Crippen LogP contribution in [0.5, 0.6) is 0 Å². The molecule has 0 spiro atoms. The second kappa shape index (κ2) is 7.01. The highest BCUT2D eigenvalue weighted by Gasteiger charge is 2.43. The Balaban J connectivity index is 1.56. The Kier molecular flexibility index (Phi) is 4.93. The molecule has 5 nitrogen and oxygen atoms in total. The predicted molar refractivity (Wildman–Crippen MR) is 90.1 cm³/mol. The minimum atomic E-state index is -4.86. The molecular weight excluding hydrogens is 347 g/mol. The van der Waals surface area contributed by atoms with Crippen molar-refractivity contribution < 1.29 is 22.8 Å². The van der Waals surface area contributed by atoms with E-state index in [0.717, 1.165) is 21.4 Å². The molecule has 8 heteroatoms. The number of nitrogens with one attached hydrogen (secondary N) is 1. The van der Waals surface area contributed by atoms with E-state index >= 15 is 0 Å². The first-order valence-electron chi connectivity index (χ1n) is 8.44. The van der Waals surface area contributed by atoms with Crippen molar-refractivity contribution in [1.29, 1.82) is 0 Å². The van der Waals surface area contributed by atoms with E-state index in [1.54, 1.807) is 0 Å². The molecule has 3 rings (SSSR count). The highest BCUT2D eigenvalue weighted by Crippen LogP contribution is 2.24. The second-order valence-electron chi connectivity index (χ2n) is 6.56. The van der Waals surface area contributed by atoms with Gasteiger partial charge in [0.15, 0.2) is 0 Å². The van der Waals surface area contributed by atoms with E-state index in [-0.39, 0.29) is 37.8 Å². The third kappa shape index (κ3) is 3.68. The summed E-state index contributed by atoms with van der Waals surface area (Å²) in [6.07, 6.45) is -2.43. The quantitative estimate of drug-likeness (QED) is 0.907. The number of fused-ring (bicyclic) bond motifs is 1. The molecule has 0 radical (unpaired) electrons. The summed E-state index contributed by atoms with van der Waals surface area (Å²) in [6, 6.07) is 7.86. The van der Waals surface area contributed by atoms with Gasteiger partial charge in [-0.2, -0.15) is 13.2 Å². The first kappa shape index (κ1) is 18.3. The maximum absolute atomic E-state index is 12.5. The number of hydrogen-bond acceptors (Lipinski definition) is 2. The van der Waals surface area contributed by atoms with Gasteiger partial charge in [0.1, 0.15) is 0 Å². The molecule has 0 aliphatic carbocycles. The Morgan fingerprint density at radius 2 is 1.85 bits per heavy atom. The topological polar surface area (TPSA) is 54.3 Å². The Morgan fingerprint density at radius 3 is 2.50 bits per heavy atom. The fourth-order valence-electron chi connectivity index (χ4n) is 3.42. The van der Waals surface area contributed by atoms with Crippen LogP contribution in [0.15, 0.2) is 30.5 Å². The predicted octanol–water partition coefficient (Wildman–Crippen LogP) is 2.60. The van der Waals surface area contributed by atoms with Crippen molar-refractivity contribution in [3.63, 3.8) is 0 Å². The lowest BCUT2D eigenvalue weighted by molar-refractivity contribution is -0.186. The van der Waals surface area contributed by atoms with Crippen molar-refractivity contribution in [2.45, 2.75) is 25.6 Å². The SMILES string of the molecule is Cn1cc(CNC(=O)C2CCN(C(=O)C(F)(F)F)CC2)c2ccccc21. The molecule has 0 unspecified atom stereocenters. The number of carbonyl (C=O) groups is 2. The number of amides is 2. The fourth-order valence-corrected chi connectivity index (χ4v) is 3.42. The first-order valence-corrected chi connectivity index (χ1v) is 8.44. The number of hydrogen-bond donors (Lipinski definition) is 1. The molecule has 1 aromatic heterocycles. The van der Waals surface area contributed by atoms with Crippen molar-refractivity contribution in [3.05, 3.63) is 36.0 Å². The average Bonchev–Trinajstić information content (AvgIpc) is 2.95. The van der Waals surface area contributed by atoms with Crippen LogP contribution in [0, 0.1) is 5.92 Å². The fraction of sp³-hybridized carbons (Fsp3) is 0.444. The number of rotatable bonds is 3. The number of benzene rings is 1. The summed E-state index contributed by atoms with van der Waals surface area (Å²) in [4.78, 5) is 24.3. The molecule has 2 amide bonds. The van der Waals surface area contributed by atoms with Crippen LogP contribution in [0.4, 0.5) is 13.2 Å². The molecule has 1 N–H and O–H groups in total. The zero-order chi connectivity index (χ0) is 18.9. The molecule has 1 fully saturated rings. The Bertz CT molecular complexity index is 821. The van der Waals surface area contributed by atoms with Crippen LogP contribution < -0.4 is 5.32 Å². The smallest absolute Gasteiger partial charge is 0.352 e. The molecule has 0 atom stereocenters. The number of carbonyl (C=O) groups excluding carboxylic acids is 2. The molecule has 1 aliphatic heterocycles. The molecule has 0 bridgehead atoms. The number of likely N-dealkylation sites (tertiary alicyclic amines) is 1. The summed E-state index contributed by atoms with van der Waals surface area (Å²) in [5.74, 6) is -2.38. The van der Waals surface area contributed by atoms with Crippen molar-refractivity contribution in [3.8, 4) is 0 Å². The van der Waals surface area contributed by atoms with E-state index in [1.807, 2.05) is 42.1 Å². The van der Waals surface area contributed by atoms with Gasteiger partial charge in [0.2, 0.25) is 5.91 Å². The van der Waals surface area contributed by atoms with Crippen LogP contribution in [0.3, 0.4) is 0 Å². The number of aryl methyl sites for hydroxylation is 1. The first-order chi connectivity index (χ1) is 12.3. The third-order valence-electron chi connectivity index (χ3n) is 4.83. The van der Waals surface area contributed by atoms with Gasteiger partial charge >= 0.3 is 12.1 Å². The van der Waals surface area contributed by atoms with E-state index in [4.69, 9.17) is 0 Å². The van der Waals surface area contributed by atoms with Crippen molar-refractivity contribution in [2.75, 3.05) is 13.1 Å². The zero-order valence-electron chi connectivity index (χ0n) is 14.3. The van der Waals surface area contributed by atoms with Crippen LogP contribution in [-0.2, 0) is 23.2 Å². The van der Waals surface area contributed by atoms with Crippen LogP contribution >= 0.6 is 0 Å². The average molecular weight is 367 g/mol. The highest BCUT2D eigenvalue weighted by atomic mass is 19.4. The number of aromatic nitrogens is 1. The number of alkyl halides is 3. The van der Waals surface area contributed by atoms with Gasteiger partial charge in [-0.1, -0.05) is 18.2 Å². The number of nitrogens with zero attached hydrogens (tertiary/aromatic N) is 2. The van der Waals surface area contributed by atoms with Gasteiger partial charge < -0.3 is 14.8 Å². The highest BCUT2D eigenvalue weighted by molar-refractivity contribution is 5.85. The summed E-state index contributed by atoms with van der Waals surface area (Å²) in [5, 5.41) is 3.93. The molecule has 1 aromatic carbocycles. The number of halogens is 3. The van der Waals surface area contributed by atoms with Crippen molar-refractivity contribution in [1.82, 2.24) is 14.8 Å². The van der Waals surface area contributed by atoms with Gasteiger partial charge in [0, 0.05) is 49.7 Å². The van der Waals surface area contributed by atoms with E-state index in [9.17, 15) is 22.8 Å². The minimum Gasteiger partial charge on any atom is -0.352 e. The monoisotopic (exact) mass is 367 g/mol. The molecule has 1 saturated heterocycles. The summed E-state index contributed by atoms with van der Waals surface area (Å²) >= 11 is 0. The Labute approximate surface area is 148 Å². The maximum Gasteiger partial charge on any atom is 0.471 e. The summed E-state index contributed by atoms with van der Waals surface area (Å²) < 4.78 is 39.3. The van der Waals surface area contributed by atoms with Gasteiger partial charge in [0.05, 0.1) is 0 Å². The summed E-state index contributed by atoms with van der Waals surface area (Å²) in [5.41, 5.74) is 2.05. The molecule has 0 saturated carbocycles. The Hall–Kier alpha value is -2.51. The summed E-state index contributed by atoms with van der Waals surface area (Å²) in [6.45, 7) is 0.261. The van der Waals surface area contributed by atoms with Crippen molar-refractivity contribution >= 4 is 22.7 Å². The van der Waals surface area contributed by atoms with E-state index in [2.05, 4.69) is 5.32 Å². The second-order valence-corrected chi connectivity index (χ2v) is 6.56. The normalized spacial score (nSPS) is 16.1. The van der Waals surface area contributed by atoms with Gasteiger partial charge in [-0.05, 0) is 24.5 Å². The zero-order valence-corrected chi connectivity index (χ0v) is 14.3. The maximum atomic E-state index is 12.5. The van der Waals surface area contributed by atoms with Gasteiger partial charge in [0.25, 0.3) is 0 Å². The van der Waals surface area contributed by atoms with Gasteiger partial charge in [-0.3, -0.25) is 9.59 Å². The standard InChI is InChI=1S/C18H20F3N3O2/c1-23-11-13(14-4-2-3-5-15(14)23)10-22-16(25)12-6-8-24(9-7-12)17(26)18(19,20)21/h2-5,11-12H,6-10H2,1H3,(H,22,25). The molecule has 26 heavy (non-hydrogen) atoms. The van der Waals surface area contributed by atoms with Gasteiger partial charge in [-0.15, -0.1) is 0 Å². The minimum absolute atomic E-state index is 0.0509. The van der Waals surface area contributed by atoms with Crippen molar-refractivity contribution in [2.24, 2.45) is 13.0 Å². The molecule has 2 aromatic rings. The summed E-state index contributed by atoms with van der Waals surface area (Å²) in [7, 11) is 1.93. The van der Waals surface area contributed by atoms with Crippen LogP contribution in [0.25, 0.3) is 10.9 Å². The lowest BCUT2D eigenvalue weighted by Gasteiger charge is -2.31. The lowest BCUT2D eigenvalue weighted by Crippen LogP contribution is -2.47. The third-order valence-corrected chi connectivity index (χ3v) is 4.83. The number of piperidine rings is 1. The molecular formula is C18H20F3N3O2. The molecule has 1 aliphatic rings. The van der Waals surface area contributed by atoms with E-state index in [1.165, 1.54) is 0 Å². The molecule has 2 heterocycles. The van der Waals surface area contributed by atoms with Crippen LogP contribution in [-0.4, -0.2) is 40.5 Å². The molecule has 140 valence electrons. The van der Waals surface area contributed by atoms with Crippen LogP contribution in [0.2, 0.25) is 0 Å². The van der Waals surface area contributed by atoms with E-state index < -0.39 is 12.1 Å². The lowest BCUT2D eigenvalue weighted by atomic mass is 9.95.